The maximum absolute atomic E-state index is 12.6. The van der Waals surface area contributed by atoms with E-state index in [4.69, 9.17) is 4.74 Å². The van der Waals surface area contributed by atoms with Crippen LogP contribution in [-0.4, -0.2) is 48.6 Å². The standard InChI is InChI=1S/C24H23N5O5S/c1-15(25-23-18-9-5-6-10-20(18)35(32,33)28-23)24(31)34-14-22(30)26-21-13-19(16-11-12-16)27-29(21)17-7-3-2-4-8-17/h2-10,13,15-16H,11-12,14H2,1H3,(H,25,28)(H,26,30)/t15-/m0/s1. The Balaban J connectivity index is 1.24. The fourth-order valence-corrected chi connectivity index (χ4v) is 4.98. The van der Waals surface area contributed by atoms with Crippen molar-refractivity contribution in [2.45, 2.75) is 36.6 Å². The highest BCUT2D eigenvalue weighted by Gasteiger charge is 2.31. The lowest BCUT2D eigenvalue weighted by Crippen LogP contribution is -2.29. The Hall–Kier alpha value is -3.99. The summed E-state index contributed by atoms with van der Waals surface area (Å²) in [4.78, 5) is 29.3. The smallest absolute Gasteiger partial charge is 0.331 e. The van der Waals surface area contributed by atoms with Crippen LogP contribution >= 0.6 is 0 Å². The number of nitrogens with zero attached hydrogens (tertiary/aromatic N) is 3. The van der Waals surface area contributed by atoms with Crippen LogP contribution in [0.2, 0.25) is 0 Å². The van der Waals surface area contributed by atoms with Gasteiger partial charge in [-0.15, -0.1) is 0 Å². The number of esters is 1. The topological polar surface area (TPSA) is 132 Å². The van der Waals surface area contributed by atoms with Gasteiger partial charge in [-0.05, 0) is 44.0 Å². The fourth-order valence-electron chi connectivity index (χ4n) is 3.75. The summed E-state index contributed by atoms with van der Waals surface area (Å²) >= 11 is 0. The Morgan fingerprint density at radius 2 is 1.89 bits per heavy atom. The molecule has 1 aliphatic heterocycles. The molecule has 2 aromatic carbocycles. The molecule has 1 atom stereocenters. The number of hydrogen-bond acceptors (Lipinski definition) is 7. The highest BCUT2D eigenvalue weighted by atomic mass is 32.2. The van der Waals surface area contributed by atoms with E-state index in [0.717, 1.165) is 24.2 Å². The molecule has 1 amide bonds. The molecule has 2 aliphatic rings. The number of fused-ring (bicyclic) bond motifs is 1. The SMILES string of the molecule is C[C@H](N=C1NS(=O)(=O)c2ccccc21)C(=O)OCC(=O)Nc1cc(C2CC2)nn1-c1ccccc1. The highest BCUT2D eigenvalue weighted by molar-refractivity contribution is 7.90. The number of nitrogens with one attached hydrogen (secondary N) is 2. The van der Waals surface area contributed by atoms with Crippen LogP contribution in [0.3, 0.4) is 0 Å². The zero-order valence-electron chi connectivity index (χ0n) is 18.8. The van der Waals surface area contributed by atoms with Crippen LogP contribution in [0.15, 0.2) is 70.6 Å². The van der Waals surface area contributed by atoms with Gasteiger partial charge in [0.15, 0.2) is 6.61 Å². The van der Waals surface area contributed by atoms with E-state index in [2.05, 4.69) is 20.1 Å². The molecule has 2 N–H and O–H groups in total. The number of anilines is 1. The van der Waals surface area contributed by atoms with Crippen LogP contribution in [0.25, 0.3) is 5.69 Å². The van der Waals surface area contributed by atoms with Gasteiger partial charge in [0.1, 0.15) is 17.7 Å². The minimum atomic E-state index is -3.72. The van der Waals surface area contributed by atoms with Gasteiger partial charge in [-0.25, -0.2) is 17.9 Å². The zero-order valence-corrected chi connectivity index (χ0v) is 19.7. The second-order valence-electron chi connectivity index (χ2n) is 8.39. The Morgan fingerprint density at radius 3 is 2.63 bits per heavy atom. The number of para-hydroxylation sites is 1. The molecule has 0 bridgehead atoms. The first kappa shape index (κ1) is 22.8. The minimum absolute atomic E-state index is 0.0638. The molecule has 1 saturated carbocycles. The molecule has 0 radical (unpaired) electrons. The van der Waals surface area contributed by atoms with Crippen molar-refractivity contribution in [1.29, 1.82) is 0 Å². The Kier molecular flexibility index (Phi) is 5.85. The van der Waals surface area contributed by atoms with E-state index < -0.39 is 34.5 Å². The highest BCUT2D eigenvalue weighted by Crippen LogP contribution is 2.40. The van der Waals surface area contributed by atoms with E-state index in [1.807, 2.05) is 36.4 Å². The number of benzene rings is 2. The number of hydrogen-bond donors (Lipinski definition) is 2. The number of sulfonamides is 1. The van der Waals surface area contributed by atoms with Gasteiger partial charge in [0.2, 0.25) is 0 Å². The van der Waals surface area contributed by atoms with Crippen LogP contribution in [-0.2, 0) is 24.3 Å². The van der Waals surface area contributed by atoms with Crippen molar-refractivity contribution in [2.24, 2.45) is 4.99 Å². The van der Waals surface area contributed by atoms with Crippen molar-refractivity contribution in [2.75, 3.05) is 11.9 Å². The summed E-state index contributed by atoms with van der Waals surface area (Å²) in [6.07, 6.45) is 2.13. The first-order valence-corrected chi connectivity index (χ1v) is 12.6. The summed E-state index contributed by atoms with van der Waals surface area (Å²) in [5.41, 5.74) is 2.09. The van der Waals surface area contributed by atoms with Crippen molar-refractivity contribution in [3.8, 4) is 5.69 Å². The second kappa shape index (κ2) is 8.99. The fraction of sp³-hybridized carbons (Fsp3) is 0.250. The van der Waals surface area contributed by atoms with E-state index >= 15 is 0 Å². The lowest BCUT2D eigenvalue weighted by molar-refractivity contribution is -0.148. The molecule has 10 nitrogen and oxygen atoms in total. The van der Waals surface area contributed by atoms with Gasteiger partial charge in [0.25, 0.3) is 15.9 Å². The molecule has 5 rings (SSSR count). The molecule has 0 unspecified atom stereocenters. The normalized spacial score (nSPS) is 17.9. The van der Waals surface area contributed by atoms with Crippen LogP contribution in [0.1, 0.15) is 36.9 Å². The largest absolute Gasteiger partial charge is 0.454 e. The van der Waals surface area contributed by atoms with E-state index in [1.165, 1.54) is 13.0 Å². The number of ether oxygens (including phenoxy) is 1. The van der Waals surface area contributed by atoms with Gasteiger partial charge in [-0.3, -0.25) is 14.5 Å². The van der Waals surface area contributed by atoms with Gasteiger partial charge < -0.3 is 10.1 Å². The number of carbonyl (C=O) groups is 2. The number of aromatic nitrogens is 2. The molecular formula is C24H23N5O5S. The van der Waals surface area contributed by atoms with Gasteiger partial charge in [0, 0.05) is 17.5 Å². The Labute approximate surface area is 202 Å². The maximum Gasteiger partial charge on any atom is 0.331 e. The van der Waals surface area contributed by atoms with Crippen LogP contribution in [0.4, 0.5) is 5.82 Å². The van der Waals surface area contributed by atoms with Gasteiger partial charge in [0.05, 0.1) is 16.3 Å². The third-order valence-corrected chi connectivity index (χ3v) is 7.06. The predicted molar refractivity (Wildman–Crippen MR) is 128 cm³/mol. The molecule has 3 aromatic rings. The summed E-state index contributed by atoms with van der Waals surface area (Å²) in [7, 11) is -3.72. The Morgan fingerprint density at radius 1 is 1.17 bits per heavy atom. The summed E-state index contributed by atoms with van der Waals surface area (Å²) in [5, 5.41) is 7.39. The van der Waals surface area contributed by atoms with Crippen molar-refractivity contribution in [3.63, 3.8) is 0 Å². The van der Waals surface area contributed by atoms with E-state index in [-0.39, 0.29) is 10.7 Å². The monoisotopic (exact) mass is 493 g/mol. The van der Waals surface area contributed by atoms with E-state index in [1.54, 1.807) is 22.9 Å². The lowest BCUT2D eigenvalue weighted by atomic mass is 10.2. The molecule has 0 saturated heterocycles. The predicted octanol–water partition coefficient (Wildman–Crippen LogP) is 2.36. The lowest BCUT2D eigenvalue weighted by Gasteiger charge is -2.11. The van der Waals surface area contributed by atoms with Crippen molar-refractivity contribution < 1.29 is 22.7 Å². The van der Waals surface area contributed by atoms with Crippen LogP contribution < -0.4 is 10.0 Å². The number of amides is 1. The third kappa shape index (κ3) is 4.80. The minimum Gasteiger partial charge on any atom is -0.454 e. The van der Waals surface area contributed by atoms with E-state index in [9.17, 15) is 18.0 Å². The molecule has 180 valence electrons. The van der Waals surface area contributed by atoms with Gasteiger partial charge in [-0.2, -0.15) is 5.10 Å². The molecule has 1 fully saturated rings. The van der Waals surface area contributed by atoms with Crippen LogP contribution in [0.5, 0.6) is 0 Å². The van der Waals surface area contributed by atoms with Crippen molar-refractivity contribution in [3.05, 3.63) is 71.9 Å². The van der Waals surface area contributed by atoms with Crippen molar-refractivity contribution in [1.82, 2.24) is 14.5 Å². The van der Waals surface area contributed by atoms with Crippen LogP contribution in [0, 0.1) is 0 Å². The number of carbonyl (C=O) groups excluding carboxylic acids is 2. The molecule has 1 aliphatic carbocycles. The molecule has 1 aromatic heterocycles. The molecule has 11 heteroatoms. The first-order valence-electron chi connectivity index (χ1n) is 11.1. The third-order valence-electron chi connectivity index (χ3n) is 5.66. The summed E-state index contributed by atoms with van der Waals surface area (Å²) < 4.78 is 33.6. The molecule has 35 heavy (non-hydrogen) atoms. The number of aliphatic imine (C=N–C) groups is 1. The summed E-state index contributed by atoms with van der Waals surface area (Å²) in [6.45, 7) is 0.948. The zero-order chi connectivity index (χ0) is 24.6. The quantitative estimate of drug-likeness (QED) is 0.486. The molecule has 0 spiro atoms. The average molecular weight is 494 g/mol. The molecule has 2 heterocycles. The molecular weight excluding hydrogens is 470 g/mol. The maximum atomic E-state index is 12.6. The Bertz CT molecular complexity index is 1430. The average Bonchev–Trinajstić information content (AvgIpc) is 3.57. The van der Waals surface area contributed by atoms with E-state index in [0.29, 0.717) is 17.3 Å². The van der Waals surface area contributed by atoms with Crippen molar-refractivity contribution >= 4 is 33.6 Å². The van der Waals surface area contributed by atoms with Gasteiger partial charge >= 0.3 is 5.97 Å². The number of amidine groups is 1. The summed E-state index contributed by atoms with van der Waals surface area (Å²) in [6, 6.07) is 16.6. The second-order valence-corrected chi connectivity index (χ2v) is 10.0. The number of rotatable bonds is 7. The van der Waals surface area contributed by atoms with Gasteiger partial charge in [-0.1, -0.05) is 30.3 Å². The first-order chi connectivity index (χ1) is 16.8. The summed E-state index contributed by atoms with van der Waals surface area (Å²) in [5.74, 6) is -0.333.